The normalized spacial score (nSPS) is 15.2. The van der Waals surface area contributed by atoms with E-state index in [-0.39, 0.29) is 5.75 Å². The van der Waals surface area contributed by atoms with Crippen LogP contribution in [0.5, 0.6) is 5.75 Å². The lowest BCUT2D eigenvalue weighted by Crippen LogP contribution is -2.00. The van der Waals surface area contributed by atoms with E-state index in [4.69, 9.17) is 4.89 Å². The molecule has 16 heavy (non-hydrogen) atoms. The average Bonchev–Trinajstić information content (AvgIpc) is 2.63. The zero-order valence-corrected chi connectivity index (χ0v) is 9.55. The summed E-state index contributed by atoms with van der Waals surface area (Å²) in [4.78, 5) is 8.85. The molecule has 1 N–H and O–H groups in total. The summed E-state index contributed by atoms with van der Waals surface area (Å²) in [6.07, 6.45) is -3.40. The van der Waals surface area contributed by atoms with Gasteiger partial charge in [-0.15, -0.1) is 11.3 Å². The van der Waals surface area contributed by atoms with Crippen molar-refractivity contribution in [1.82, 2.24) is 0 Å². The lowest BCUT2D eigenvalue weighted by molar-refractivity contribution is 0.188. The molecule has 1 aromatic carbocycles. The van der Waals surface area contributed by atoms with Gasteiger partial charge in [-0.3, -0.25) is 0 Å². The molecule has 86 valence electrons. The van der Waals surface area contributed by atoms with Gasteiger partial charge in [0.15, 0.2) is 0 Å². The maximum Gasteiger partial charge on any atom is 0.442 e. The van der Waals surface area contributed by atoms with Gasteiger partial charge in [0.05, 0.1) is 0 Å². The van der Waals surface area contributed by atoms with Gasteiger partial charge in [-0.05, 0) is 35.0 Å². The first-order valence-corrected chi connectivity index (χ1v) is 6.79. The zero-order valence-electron chi connectivity index (χ0n) is 7.84. The molecule has 3 nitrogen and oxygen atoms in total. The van der Waals surface area contributed by atoms with Crippen molar-refractivity contribution >= 4 is 29.0 Å². The van der Waals surface area contributed by atoms with Gasteiger partial charge >= 0.3 is 13.8 Å². The van der Waals surface area contributed by atoms with E-state index in [1.807, 2.05) is 5.38 Å². The van der Waals surface area contributed by atoms with Gasteiger partial charge in [0.1, 0.15) is 5.75 Å². The molecule has 0 radical (unpaired) electrons. The Kier molecular flexibility index (Phi) is 2.97. The highest BCUT2D eigenvalue weighted by Gasteiger charge is 2.34. The van der Waals surface area contributed by atoms with Crippen LogP contribution in [-0.2, 0) is 4.57 Å². The van der Waals surface area contributed by atoms with Crippen LogP contribution in [0.2, 0.25) is 0 Å². The summed E-state index contributed by atoms with van der Waals surface area (Å²) in [7, 11) is -4.88. The number of halogens is 2. The highest BCUT2D eigenvalue weighted by molar-refractivity contribution is 7.53. The molecular weight excluding hydrogens is 257 g/mol. The molecule has 1 aromatic heterocycles. The summed E-state index contributed by atoms with van der Waals surface area (Å²) in [5.74, 6) is -0.0305. The van der Waals surface area contributed by atoms with Gasteiger partial charge in [-0.25, -0.2) is 4.57 Å². The van der Waals surface area contributed by atoms with Crippen LogP contribution in [0.25, 0.3) is 10.1 Å². The Morgan fingerprint density at radius 1 is 1.38 bits per heavy atom. The standard InChI is InChI=1S/C9H7F2O3PS/c10-9(11)15(12,13)14-7-1-2-8-6(5-7)3-4-16-8/h1-5,9H,(H,12,13). The smallest absolute Gasteiger partial charge is 0.421 e. The van der Waals surface area contributed by atoms with Crippen molar-refractivity contribution in [3.8, 4) is 5.75 Å². The molecule has 0 saturated carbocycles. The van der Waals surface area contributed by atoms with E-state index in [0.29, 0.717) is 0 Å². The lowest BCUT2D eigenvalue weighted by atomic mass is 10.2. The Bertz CT molecular complexity index is 554. The van der Waals surface area contributed by atoms with Gasteiger partial charge in [0.25, 0.3) is 0 Å². The topological polar surface area (TPSA) is 46.5 Å². The molecule has 0 amide bonds. The SMILES string of the molecule is O=P(O)(Oc1ccc2sccc2c1)C(F)F. The molecule has 0 aliphatic heterocycles. The minimum absolute atomic E-state index is 0.0305. The maximum absolute atomic E-state index is 12.1. The molecule has 0 saturated heterocycles. The first-order chi connectivity index (χ1) is 7.49. The van der Waals surface area contributed by atoms with Crippen LogP contribution in [-0.4, -0.2) is 11.1 Å². The van der Waals surface area contributed by atoms with Crippen LogP contribution >= 0.6 is 18.9 Å². The second kappa shape index (κ2) is 4.13. The van der Waals surface area contributed by atoms with Crippen molar-refractivity contribution in [2.24, 2.45) is 0 Å². The van der Waals surface area contributed by atoms with Gasteiger partial charge in [-0.1, -0.05) is 0 Å². The largest absolute Gasteiger partial charge is 0.442 e. The van der Waals surface area contributed by atoms with E-state index in [1.54, 1.807) is 12.1 Å². The molecule has 2 aromatic rings. The van der Waals surface area contributed by atoms with Crippen LogP contribution in [0.1, 0.15) is 0 Å². The van der Waals surface area contributed by atoms with Crippen LogP contribution < -0.4 is 4.52 Å². The molecule has 1 unspecified atom stereocenters. The fourth-order valence-electron chi connectivity index (χ4n) is 1.19. The van der Waals surface area contributed by atoms with Crippen LogP contribution in [0, 0.1) is 0 Å². The number of fused-ring (bicyclic) bond motifs is 1. The first kappa shape index (κ1) is 11.5. The van der Waals surface area contributed by atoms with E-state index in [0.717, 1.165) is 10.1 Å². The maximum atomic E-state index is 12.1. The monoisotopic (exact) mass is 264 g/mol. The number of hydrogen-bond donors (Lipinski definition) is 1. The minimum atomic E-state index is -4.88. The zero-order chi connectivity index (χ0) is 11.8. The van der Waals surface area contributed by atoms with Gasteiger partial charge in [-0.2, -0.15) is 8.78 Å². The highest BCUT2D eigenvalue weighted by Crippen LogP contribution is 2.49. The predicted octanol–water partition coefficient (Wildman–Crippen LogP) is 3.69. The van der Waals surface area contributed by atoms with Crippen molar-refractivity contribution in [3.05, 3.63) is 29.6 Å². The number of alkyl halides is 2. The third kappa shape index (κ3) is 2.24. The molecular formula is C9H7F2O3PS. The van der Waals surface area contributed by atoms with Gasteiger partial charge in [0, 0.05) is 4.70 Å². The Hall–Kier alpha value is -0.970. The van der Waals surface area contributed by atoms with Crippen molar-refractivity contribution in [2.45, 2.75) is 6.17 Å². The molecule has 1 atom stereocenters. The van der Waals surface area contributed by atoms with Crippen molar-refractivity contribution in [1.29, 1.82) is 0 Å². The Morgan fingerprint density at radius 3 is 2.81 bits per heavy atom. The molecule has 2 rings (SSSR count). The Balaban J connectivity index is 2.31. The second-order valence-corrected chi connectivity index (χ2v) is 5.70. The van der Waals surface area contributed by atoms with E-state index < -0.39 is 13.8 Å². The summed E-state index contributed by atoms with van der Waals surface area (Å²) in [5.41, 5.74) is 0. The van der Waals surface area contributed by atoms with Crippen molar-refractivity contribution < 1.29 is 22.8 Å². The van der Waals surface area contributed by atoms with E-state index in [1.165, 1.54) is 23.5 Å². The van der Waals surface area contributed by atoms with E-state index in [9.17, 15) is 13.3 Å². The quantitative estimate of drug-likeness (QED) is 0.860. The summed E-state index contributed by atoms with van der Waals surface area (Å²) in [6.45, 7) is 0. The molecule has 7 heteroatoms. The third-order valence-electron chi connectivity index (χ3n) is 1.91. The average molecular weight is 264 g/mol. The molecule has 0 aliphatic carbocycles. The van der Waals surface area contributed by atoms with Crippen molar-refractivity contribution in [3.63, 3.8) is 0 Å². The number of thiophene rings is 1. The predicted molar refractivity (Wildman–Crippen MR) is 58.3 cm³/mol. The molecule has 0 aliphatic rings. The number of rotatable bonds is 3. The second-order valence-electron chi connectivity index (χ2n) is 3.05. The first-order valence-electron chi connectivity index (χ1n) is 4.26. The fraction of sp³-hybridized carbons (Fsp3) is 0.111. The fourth-order valence-corrected chi connectivity index (χ4v) is 2.46. The number of benzene rings is 1. The third-order valence-corrected chi connectivity index (χ3v) is 3.77. The summed E-state index contributed by atoms with van der Waals surface area (Å²) < 4.78 is 40.5. The lowest BCUT2D eigenvalue weighted by Gasteiger charge is -2.11. The Labute approximate surface area is 93.8 Å². The van der Waals surface area contributed by atoms with Crippen LogP contribution in [0.15, 0.2) is 29.6 Å². The highest BCUT2D eigenvalue weighted by atomic mass is 32.1. The van der Waals surface area contributed by atoms with Crippen molar-refractivity contribution in [2.75, 3.05) is 0 Å². The Morgan fingerprint density at radius 2 is 2.12 bits per heavy atom. The van der Waals surface area contributed by atoms with Crippen LogP contribution in [0.4, 0.5) is 8.78 Å². The minimum Gasteiger partial charge on any atom is -0.421 e. The summed E-state index contributed by atoms with van der Waals surface area (Å²) >= 11 is 1.49. The molecule has 0 spiro atoms. The van der Waals surface area contributed by atoms with Gasteiger partial charge < -0.3 is 9.42 Å². The molecule has 0 fully saturated rings. The van der Waals surface area contributed by atoms with E-state index >= 15 is 0 Å². The van der Waals surface area contributed by atoms with Gasteiger partial charge in [0.2, 0.25) is 0 Å². The molecule has 1 heterocycles. The van der Waals surface area contributed by atoms with E-state index in [2.05, 4.69) is 4.52 Å². The molecule has 0 bridgehead atoms. The number of hydrogen-bond acceptors (Lipinski definition) is 3. The van der Waals surface area contributed by atoms with Crippen LogP contribution in [0.3, 0.4) is 0 Å². The summed E-state index contributed by atoms with van der Waals surface area (Å²) in [6, 6.07) is 6.28. The summed E-state index contributed by atoms with van der Waals surface area (Å²) in [5, 5.41) is 2.62.